The molecule has 0 spiro atoms. The SMILES string of the molecule is FC1(F)Oc2ccc(NCc3cncs3)cc2O1. The number of nitrogens with zero attached hydrogens (tertiary/aromatic N) is 1. The molecule has 4 nitrogen and oxygen atoms in total. The van der Waals surface area contributed by atoms with Gasteiger partial charge in [-0.15, -0.1) is 20.1 Å². The van der Waals surface area contributed by atoms with E-state index in [0.717, 1.165) is 4.88 Å². The monoisotopic (exact) mass is 270 g/mol. The number of hydrogen-bond acceptors (Lipinski definition) is 5. The summed E-state index contributed by atoms with van der Waals surface area (Å²) in [4.78, 5) is 5.00. The molecule has 18 heavy (non-hydrogen) atoms. The zero-order valence-corrected chi connectivity index (χ0v) is 9.84. The summed E-state index contributed by atoms with van der Waals surface area (Å²) in [5.74, 6) is 0.0812. The average molecular weight is 270 g/mol. The molecule has 0 unspecified atom stereocenters. The highest BCUT2D eigenvalue weighted by Gasteiger charge is 2.43. The Labute approximate surface area is 105 Å². The maximum atomic E-state index is 12.8. The van der Waals surface area contributed by atoms with E-state index in [1.54, 1.807) is 17.8 Å². The first-order valence-electron chi connectivity index (χ1n) is 5.13. The number of nitrogens with one attached hydrogen (secondary N) is 1. The quantitative estimate of drug-likeness (QED) is 0.930. The highest BCUT2D eigenvalue weighted by Crippen LogP contribution is 2.42. The first-order chi connectivity index (χ1) is 8.62. The number of alkyl halides is 2. The van der Waals surface area contributed by atoms with E-state index in [2.05, 4.69) is 19.8 Å². The molecule has 1 N–H and O–H groups in total. The van der Waals surface area contributed by atoms with Gasteiger partial charge in [0, 0.05) is 22.8 Å². The summed E-state index contributed by atoms with van der Waals surface area (Å²) < 4.78 is 34.3. The van der Waals surface area contributed by atoms with Crippen molar-refractivity contribution in [3.05, 3.63) is 34.8 Å². The van der Waals surface area contributed by atoms with Gasteiger partial charge < -0.3 is 14.8 Å². The summed E-state index contributed by atoms with van der Waals surface area (Å²) in [6.45, 7) is 0.584. The van der Waals surface area contributed by atoms with Crippen molar-refractivity contribution in [2.75, 3.05) is 5.32 Å². The standard InChI is InChI=1S/C11H8F2N2O2S/c12-11(13)16-9-2-1-7(3-10(9)17-11)15-5-8-4-14-6-18-8/h1-4,6,15H,5H2. The second-order valence-corrected chi connectivity index (χ2v) is 4.62. The number of anilines is 1. The molecule has 0 amide bonds. The van der Waals surface area contributed by atoms with Gasteiger partial charge in [0.25, 0.3) is 0 Å². The lowest BCUT2D eigenvalue weighted by Gasteiger charge is -2.05. The number of hydrogen-bond donors (Lipinski definition) is 1. The molecule has 1 aliphatic rings. The van der Waals surface area contributed by atoms with Crippen LogP contribution in [0.1, 0.15) is 4.88 Å². The van der Waals surface area contributed by atoms with E-state index in [0.29, 0.717) is 12.2 Å². The van der Waals surface area contributed by atoms with Crippen molar-refractivity contribution in [2.24, 2.45) is 0 Å². The maximum absolute atomic E-state index is 12.8. The van der Waals surface area contributed by atoms with Crippen molar-refractivity contribution in [2.45, 2.75) is 12.8 Å². The van der Waals surface area contributed by atoms with E-state index in [1.807, 2.05) is 0 Å². The Morgan fingerprint density at radius 3 is 2.89 bits per heavy atom. The first kappa shape index (κ1) is 11.2. The molecule has 2 heterocycles. The molecule has 0 saturated carbocycles. The van der Waals surface area contributed by atoms with Crippen molar-refractivity contribution in [3.8, 4) is 11.5 Å². The molecular weight excluding hydrogens is 262 g/mol. The van der Waals surface area contributed by atoms with Gasteiger partial charge in [-0.2, -0.15) is 0 Å². The fourth-order valence-corrected chi connectivity index (χ4v) is 2.11. The third kappa shape index (κ3) is 2.21. The zero-order valence-electron chi connectivity index (χ0n) is 9.02. The molecule has 2 aromatic rings. The fraction of sp³-hybridized carbons (Fsp3) is 0.182. The number of aromatic nitrogens is 1. The molecule has 94 valence electrons. The molecule has 0 saturated heterocycles. The summed E-state index contributed by atoms with van der Waals surface area (Å²) in [5, 5.41) is 3.09. The van der Waals surface area contributed by atoms with E-state index < -0.39 is 6.29 Å². The molecule has 3 rings (SSSR count). The summed E-state index contributed by atoms with van der Waals surface area (Å²) in [5.41, 5.74) is 2.42. The molecule has 0 radical (unpaired) electrons. The minimum absolute atomic E-state index is 0.0364. The van der Waals surface area contributed by atoms with E-state index >= 15 is 0 Å². The van der Waals surface area contributed by atoms with Crippen LogP contribution in [0.3, 0.4) is 0 Å². The van der Waals surface area contributed by atoms with Crippen LogP contribution >= 0.6 is 11.3 Å². The molecule has 7 heteroatoms. The molecule has 1 aliphatic heterocycles. The molecular formula is C11H8F2N2O2S. The van der Waals surface area contributed by atoms with Gasteiger partial charge in [0.1, 0.15) is 0 Å². The summed E-state index contributed by atoms with van der Waals surface area (Å²) in [6, 6.07) is 4.59. The molecule has 1 aromatic carbocycles. The molecule has 1 aromatic heterocycles. The Balaban J connectivity index is 1.72. The van der Waals surface area contributed by atoms with Crippen LogP contribution in [-0.2, 0) is 6.54 Å². The molecule has 0 fully saturated rings. The lowest BCUT2D eigenvalue weighted by molar-refractivity contribution is -0.286. The normalized spacial score (nSPS) is 15.7. The van der Waals surface area contributed by atoms with Gasteiger partial charge in [-0.1, -0.05) is 0 Å². The van der Waals surface area contributed by atoms with E-state index in [-0.39, 0.29) is 11.5 Å². The Bertz CT molecular complexity index is 560. The highest BCUT2D eigenvalue weighted by molar-refractivity contribution is 7.09. The number of benzene rings is 1. The molecule has 0 bridgehead atoms. The van der Waals surface area contributed by atoms with Crippen LogP contribution in [0.15, 0.2) is 29.9 Å². The maximum Gasteiger partial charge on any atom is 0.586 e. The van der Waals surface area contributed by atoms with E-state index in [1.165, 1.54) is 23.5 Å². The highest BCUT2D eigenvalue weighted by atomic mass is 32.1. The van der Waals surface area contributed by atoms with E-state index in [4.69, 9.17) is 0 Å². The second-order valence-electron chi connectivity index (χ2n) is 3.65. The van der Waals surface area contributed by atoms with Crippen LogP contribution in [0.2, 0.25) is 0 Å². The topological polar surface area (TPSA) is 43.4 Å². The van der Waals surface area contributed by atoms with Crippen molar-refractivity contribution in [1.82, 2.24) is 4.98 Å². The third-order valence-corrected chi connectivity index (χ3v) is 3.13. The number of ether oxygens (including phenoxy) is 2. The number of rotatable bonds is 3. The van der Waals surface area contributed by atoms with Crippen LogP contribution in [0.4, 0.5) is 14.5 Å². The number of fused-ring (bicyclic) bond motifs is 1. The smallest absolute Gasteiger partial charge is 0.395 e. The van der Waals surface area contributed by atoms with Crippen molar-refractivity contribution in [3.63, 3.8) is 0 Å². The van der Waals surface area contributed by atoms with E-state index in [9.17, 15) is 8.78 Å². The molecule has 0 aliphatic carbocycles. The van der Waals surface area contributed by atoms with Gasteiger partial charge >= 0.3 is 6.29 Å². The summed E-state index contributed by atoms with van der Waals surface area (Å²) >= 11 is 1.52. The predicted molar refractivity (Wildman–Crippen MR) is 62.1 cm³/mol. The van der Waals surface area contributed by atoms with Crippen LogP contribution in [0.5, 0.6) is 11.5 Å². The molecule has 0 atom stereocenters. The van der Waals surface area contributed by atoms with Gasteiger partial charge in [-0.05, 0) is 12.1 Å². The lowest BCUT2D eigenvalue weighted by Crippen LogP contribution is -2.25. The Kier molecular flexibility index (Phi) is 2.55. The van der Waals surface area contributed by atoms with Gasteiger partial charge in [0.15, 0.2) is 11.5 Å². The largest absolute Gasteiger partial charge is 0.586 e. The Morgan fingerprint density at radius 1 is 1.28 bits per heavy atom. The summed E-state index contributed by atoms with van der Waals surface area (Å²) in [7, 11) is 0. The lowest BCUT2D eigenvalue weighted by atomic mass is 10.3. The number of thiazole rings is 1. The third-order valence-electron chi connectivity index (χ3n) is 2.35. The Hall–Kier alpha value is -1.89. The minimum Gasteiger partial charge on any atom is -0.395 e. The number of halogens is 2. The van der Waals surface area contributed by atoms with Crippen molar-refractivity contribution in [1.29, 1.82) is 0 Å². The summed E-state index contributed by atoms with van der Waals surface area (Å²) in [6.07, 6.45) is -1.82. The predicted octanol–water partition coefficient (Wildman–Crippen LogP) is 3.08. The zero-order chi connectivity index (χ0) is 12.6. The first-order valence-corrected chi connectivity index (χ1v) is 6.01. The van der Waals surface area contributed by atoms with Crippen LogP contribution in [-0.4, -0.2) is 11.3 Å². The van der Waals surface area contributed by atoms with Gasteiger partial charge in [-0.3, -0.25) is 4.98 Å². The van der Waals surface area contributed by atoms with Crippen LogP contribution in [0.25, 0.3) is 0 Å². The van der Waals surface area contributed by atoms with Crippen LogP contribution in [0, 0.1) is 0 Å². The van der Waals surface area contributed by atoms with Gasteiger partial charge in [-0.25, -0.2) is 0 Å². The van der Waals surface area contributed by atoms with Crippen molar-refractivity contribution >= 4 is 17.0 Å². The minimum atomic E-state index is -3.57. The van der Waals surface area contributed by atoms with Crippen molar-refractivity contribution < 1.29 is 18.3 Å². The Morgan fingerprint density at radius 2 is 2.11 bits per heavy atom. The van der Waals surface area contributed by atoms with Crippen LogP contribution < -0.4 is 14.8 Å². The fourth-order valence-electron chi connectivity index (χ4n) is 1.58. The second kappa shape index (κ2) is 4.09. The van der Waals surface area contributed by atoms with Gasteiger partial charge in [0.2, 0.25) is 0 Å². The average Bonchev–Trinajstić information content (AvgIpc) is 2.90. The van der Waals surface area contributed by atoms with Gasteiger partial charge in [0.05, 0.1) is 12.1 Å².